The molecule has 2 aromatic carbocycles. The Balaban J connectivity index is 1.64. The van der Waals surface area contributed by atoms with Crippen molar-refractivity contribution in [1.29, 1.82) is 0 Å². The van der Waals surface area contributed by atoms with Crippen molar-refractivity contribution in [2.24, 2.45) is 0 Å². The molecule has 0 unspecified atom stereocenters. The number of halogens is 1. The van der Waals surface area contributed by atoms with Crippen LogP contribution in [0.4, 0.5) is 15.8 Å². The van der Waals surface area contributed by atoms with Crippen LogP contribution in [0.1, 0.15) is 28.8 Å². The maximum absolute atomic E-state index is 12.9. The lowest BCUT2D eigenvalue weighted by Gasteiger charge is -2.10. The second kappa shape index (κ2) is 8.39. The summed E-state index contributed by atoms with van der Waals surface area (Å²) in [5.74, 6) is 0.116. The van der Waals surface area contributed by atoms with Gasteiger partial charge in [0.25, 0.3) is 5.91 Å². The first-order valence-corrected chi connectivity index (χ1v) is 8.57. The van der Waals surface area contributed by atoms with Crippen LogP contribution in [0.5, 0.6) is 5.75 Å². The average molecular weight is 382 g/mol. The number of carbonyl (C=O) groups excluding carboxylic acids is 2. The third-order valence-electron chi connectivity index (χ3n) is 3.89. The van der Waals surface area contributed by atoms with Gasteiger partial charge in [0.2, 0.25) is 5.91 Å². The maximum atomic E-state index is 12.9. The highest BCUT2D eigenvalue weighted by Crippen LogP contribution is 2.22. The van der Waals surface area contributed by atoms with Gasteiger partial charge in [0.1, 0.15) is 23.9 Å². The number of carbonyl (C=O) groups is 2. The van der Waals surface area contributed by atoms with E-state index in [0.717, 1.165) is 5.56 Å². The zero-order chi connectivity index (χ0) is 20.1. The minimum atomic E-state index is -0.420. The minimum Gasteiger partial charge on any atom is -0.486 e. The number of hydrogen-bond donors (Lipinski definition) is 2. The highest BCUT2D eigenvalue weighted by Gasteiger charge is 2.13. The molecule has 0 radical (unpaired) electrons. The molecule has 0 spiro atoms. The molecule has 1 heterocycles. The number of nitrogens with one attached hydrogen (secondary N) is 2. The van der Waals surface area contributed by atoms with Gasteiger partial charge >= 0.3 is 0 Å². The molecule has 0 saturated heterocycles. The van der Waals surface area contributed by atoms with E-state index in [4.69, 9.17) is 9.15 Å². The Morgan fingerprint density at radius 3 is 2.50 bits per heavy atom. The Labute approximate surface area is 161 Å². The van der Waals surface area contributed by atoms with Crippen molar-refractivity contribution in [3.05, 3.63) is 77.5 Å². The summed E-state index contributed by atoms with van der Waals surface area (Å²) in [7, 11) is 0. The van der Waals surface area contributed by atoms with Crippen molar-refractivity contribution in [1.82, 2.24) is 0 Å². The summed E-state index contributed by atoms with van der Waals surface area (Å²) in [5.41, 5.74) is 1.99. The van der Waals surface area contributed by atoms with Gasteiger partial charge in [-0.15, -0.1) is 0 Å². The minimum absolute atomic E-state index is 0.107. The molecule has 0 aliphatic heterocycles. The van der Waals surface area contributed by atoms with Gasteiger partial charge in [-0.05, 0) is 61.0 Å². The van der Waals surface area contributed by atoms with Crippen LogP contribution < -0.4 is 15.4 Å². The topological polar surface area (TPSA) is 80.6 Å². The number of ether oxygens (including phenoxy) is 1. The van der Waals surface area contributed by atoms with Crippen LogP contribution >= 0.6 is 0 Å². The first-order valence-electron chi connectivity index (χ1n) is 8.57. The number of anilines is 2. The summed E-state index contributed by atoms with van der Waals surface area (Å²) in [6.45, 7) is 3.36. The molecular formula is C21H19FN2O4. The molecule has 2 N–H and O–H groups in total. The molecule has 6 nitrogen and oxygen atoms in total. The Bertz CT molecular complexity index is 996. The highest BCUT2D eigenvalue weighted by molar-refractivity contribution is 6.03. The fourth-order valence-electron chi connectivity index (χ4n) is 2.48. The number of benzene rings is 2. The molecule has 1 aromatic heterocycles. The summed E-state index contributed by atoms with van der Waals surface area (Å²) >= 11 is 0. The van der Waals surface area contributed by atoms with Crippen molar-refractivity contribution in [2.75, 3.05) is 10.6 Å². The molecule has 0 saturated carbocycles. The molecule has 0 atom stereocenters. The first-order chi connectivity index (χ1) is 13.4. The predicted molar refractivity (Wildman–Crippen MR) is 103 cm³/mol. The van der Waals surface area contributed by atoms with Crippen LogP contribution in [0.15, 0.2) is 59.0 Å². The van der Waals surface area contributed by atoms with Gasteiger partial charge in [0.05, 0.1) is 0 Å². The molecule has 0 fully saturated rings. The molecule has 144 valence electrons. The van der Waals surface area contributed by atoms with Crippen LogP contribution in [-0.2, 0) is 11.4 Å². The van der Waals surface area contributed by atoms with Gasteiger partial charge < -0.3 is 19.8 Å². The molecule has 28 heavy (non-hydrogen) atoms. The van der Waals surface area contributed by atoms with E-state index >= 15 is 0 Å². The lowest BCUT2D eigenvalue weighted by molar-refractivity contribution is -0.114. The van der Waals surface area contributed by atoms with Crippen molar-refractivity contribution in [3.63, 3.8) is 0 Å². The largest absolute Gasteiger partial charge is 0.486 e. The van der Waals surface area contributed by atoms with E-state index in [9.17, 15) is 14.0 Å². The van der Waals surface area contributed by atoms with Gasteiger partial charge in [0.15, 0.2) is 5.76 Å². The number of amides is 2. The third-order valence-corrected chi connectivity index (χ3v) is 3.89. The van der Waals surface area contributed by atoms with Crippen molar-refractivity contribution in [2.45, 2.75) is 20.5 Å². The van der Waals surface area contributed by atoms with Gasteiger partial charge in [-0.3, -0.25) is 9.59 Å². The molecule has 0 bridgehead atoms. The van der Waals surface area contributed by atoms with E-state index in [1.807, 2.05) is 6.92 Å². The smallest absolute Gasteiger partial charge is 0.291 e. The molecule has 3 rings (SSSR count). The highest BCUT2D eigenvalue weighted by atomic mass is 19.1. The fourth-order valence-corrected chi connectivity index (χ4v) is 2.48. The van der Waals surface area contributed by atoms with Crippen LogP contribution in [0.3, 0.4) is 0 Å². The van der Waals surface area contributed by atoms with E-state index in [1.54, 1.807) is 30.3 Å². The quantitative estimate of drug-likeness (QED) is 0.657. The van der Waals surface area contributed by atoms with E-state index in [-0.39, 0.29) is 24.1 Å². The van der Waals surface area contributed by atoms with Crippen molar-refractivity contribution >= 4 is 23.2 Å². The van der Waals surface area contributed by atoms with Crippen LogP contribution in [0, 0.1) is 12.7 Å². The van der Waals surface area contributed by atoms with Crippen molar-refractivity contribution in [3.8, 4) is 5.75 Å². The lowest BCUT2D eigenvalue weighted by Crippen LogP contribution is -2.13. The molecule has 2 amide bonds. The summed E-state index contributed by atoms with van der Waals surface area (Å²) in [6, 6.07) is 14.0. The Kier molecular flexibility index (Phi) is 5.74. The molecule has 0 aliphatic rings. The predicted octanol–water partition coefficient (Wildman–Crippen LogP) is 4.52. The molecule has 0 aliphatic carbocycles. The molecular weight excluding hydrogens is 363 g/mol. The number of aryl methyl sites for hydroxylation is 1. The molecule has 3 aromatic rings. The van der Waals surface area contributed by atoms with Gasteiger partial charge in [-0.2, -0.15) is 0 Å². The Morgan fingerprint density at radius 2 is 1.79 bits per heavy atom. The Morgan fingerprint density at radius 1 is 1.04 bits per heavy atom. The van der Waals surface area contributed by atoms with Gasteiger partial charge in [0, 0.05) is 18.3 Å². The van der Waals surface area contributed by atoms with E-state index in [2.05, 4.69) is 10.6 Å². The van der Waals surface area contributed by atoms with E-state index < -0.39 is 5.91 Å². The fraction of sp³-hybridized carbons (Fsp3) is 0.143. The maximum Gasteiger partial charge on any atom is 0.291 e. The number of rotatable bonds is 6. The Hall–Kier alpha value is -3.61. The summed E-state index contributed by atoms with van der Waals surface area (Å²) in [4.78, 5) is 23.6. The van der Waals surface area contributed by atoms with E-state index in [0.29, 0.717) is 22.9 Å². The van der Waals surface area contributed by atoms with Gasteiger partial charge in [-0.25, -0.2) is 4.39 Å². The zero-order valence-electron chi connectivity index (χ0n) is 15.4. The first kappa shape index (κ1) is 19.2. The third kappa shape index (κ3) is 4.97. The van der Waals surface area contributed by atoms with Gasteiger partial charge in [-0.1, -0.05) is 6.07 Å². The van der Waals surface area contributed by atoms with Crippen LogP contribution in [0.25, 0.3) is 0 Å². The lowest BCUT2D eigenvalue weighted by atomic mass is 10.1. The van der Waals surface area contributed by atoms with E-state index in [1.165, 1.54) is 31.2 Å². The normalized spacial score (nSPS) is 10.4. The van der Waals surface area contributed by atoms with Crippen LogP contribution in [0.2, 0.25) is 0 Å². The summed E-state index contributed by atoms with van der Waals surface area (Å²) < 4.78 is 23.9. The number of furan rings is 1. The summed E-state index contributed by atoms with van der Waals surface area (Å²) in [5, 5.41) is 5.44. The van der Waals surface area contributed by atoms with Crippen molar-refractivity contribution < 1.29 is 23.1 Å². The summed E-state index contributed by atoms with van der Waals surface area (Å²) in [6.07, 6.45) is 0. The van der Waals surface area contributed by atoms with Crippen LogP contribution in [-0.4, -0.2) is 11.8 Å². The zero-order valence-corrected chi connectivity index (χ0v) is 15.4. The standard InChI is InChI=1S/C21H19FN2O4/c1-13-3-6-16(23-14(2)25)11-19(13)24-21(26)20-10-9-18(28-20)12-27-17-7-4-15(22)5-8-17/h3-11H,12H2,1-2H3,(H,23,25)(H,24,26). The second-order valence-corrected chi connectivity index (χ2v) is 6.17. The molecule has 7 heteroatoms. The monoisotopic (exact) mass is 382 g/mol. The average Bonchev–Trinajstić information content (AvgIpc) is 3.13. The SMILES string of the molecule is CC(=O)Nc1ccc(C)c(NC(=O)c2ccc(COc3ccc(F)cc3)o2)c1. The number of hydrogen-bond acceptors (Lipinski definition) is 4. The second-order valence-electron chi connectivity index (χ2n) is 6.17.